The predicted octanol–water partition coefficient (Wildman–Crippen LogP) is 3.22. The maximum Gasteiger partial charge on any atom is 0.209 e. The number of methoxy groups -OCH3 is 1. The summed E-state index contributed by atoms with van der Waals surface area (Å²) in [5, 5.41) is 1.32. The highest BCUT2D eigenvalue weighted by Crippen LogP contribution is 2.35. The minimum Gasteiger partial charge on any atom is -0.492 e. The van der Waals surface area contributed by atoms with Crippen LogP contribution in [0.2, 0.25) is 5.02 Å². The van der Waals surface area contributed by atoms with Crippen molar-refractivity contribution in [1.29, 1.82) is 0 Å². The van der Waals surface area contributed by atoms with E-state index in [4.69, 9.17) is 20.8 Å². The molecule has 0 aliphatic heterocycles. The Morgan fingerprint density at radius 1 is 1.47 bits per heavy atom. The van der Waals surface area contributed by atoms with Gasteiger partial charge in [0.2, 0.25) is 5.76 Å². The second kappa shape index (κ2) is 3.59. The van der Waals surface area contributed by atoms with Crippen LogP contribution in [0.3, 0.4) is 0 Å². The molecule has 0 bridgehead atoms. The van der Waals surface area contributed by atoms with Gasteiger partial charge in [-0.2, -0.15) is 0 Å². The predicted molar refractivity (Wildman–Crippen MR) is 57.9 cm³/mol. The van der Waals surface area contributed by atoms with Crippen LogP contribution in [-0.2, 0) is 0 Å². The quantitative estimate of drug-likeness (QED) is 0.736. The number of hydrogen-bond donors (Lipinski definition) is 0. The maximum atomic E-state index is 10.7. The number of furan rings is 1. The number of fused-ring (bicyclic) bond motifs is 1. The molecule has 0 saturated heterocycles. The van der Waals surface area contributed by atoms with E-state index in [1.54, 1.807) is 12.1 Å². The smallest absolute Gasteiger partial charge is 0.209 e. The molecule has 2 rings (SSSR count). The Morgan fingerprint density at radius 2 is 2.20 bits per heavy atom. The topological polar surface area (TPSA) is 39.4 Å². The van der Waals surface area contributed by atoms with E-state index in [0.717, 1.165) is 10.9 Å². The molecule has 0 spiro atoms. The number of carbonyl (C=O) groups is 1. The van der Waals surface area contributed by atoms with E-state index in [1.165, 1.54) is 7.11 Å². The third-order valence-electron chi connectivity index (χ3n) is 2.23. The van der Waals surface area contributed by atoms with Gasteiger partial charge in [0.15, 0.2) is 12.0 Å². The Balaban J connectivity index is 2.88. The number of hydrogen-bond acceptors (Lipinski definition) is 3. The van der Waals surface area contributed by atoms with Gasteiger partial charge in [-0.3, -0.25) is 4.79 Å². The number of halogens is 1. The summed E-state index contributed by atoms with van der Waals surface area (Å²) in [5.74, 6) is 0.628. The Bertz CT molecular complexity index is 528. The summed E-state index contributed by atoms with van der Waals surface area (Å²) in [4.78, 5) is 10.7. The number of carbonyl (C=O) groups excluding carboxylic acids is 1. The first kappa shape index (κ1) is 10.1. The fraction of sp³-hybridized carbons (Fsp3) is 0.182. The van der Waals surface area contributed by atoms with Gasteiger partial charge in [-0.05, 0) is 24.6 Å². The van der Waals surface area contributed by atoms with Gasteiger partial charge in [0.25, 0.3) is 0 Å². The molecule has 0 radical (unpaired) electrons. The van der Waals surface area contributed by atoms with Crippen molar-refractivity contribution in [3.8, 4) is 5.75 Å². The fourth-order valence-electron chi connectivity index (χ4n) is 1.61. The minimum atomic E-state index is 0.192. The number of aldehydes is 1. The van der Waals surface area contributed by atoms with Crippen molar-refractivity contribution in [3.05, 3.63) is 28.5 Å². The molecule has 4 heteroatoms. The molecule has 15 heavy (non-hydrogen) atoms. The van der Waals surface area contributed by atoms with Crippen LogP contribution in [0.1, 0.15) is 16.1 Å². The van der Waals surface area contributed by atoms with Gasteiger partial charge in [0.05, 0.1) is 12.5 Å². The molecule has 0 saturated carbocycles. The summed E-state index contributed by atoms with van der Waals surface area (Å²) in [6.45, 7) is 1.87. The van der Waals surface area contributed by atoms with Crippen LogP contribution < -0.4 is 4.74 Å². The van der Waals surface area contributed by atoms with Gasteiger partial charge in [0.1, 0.15) is 5.58 Å². The molecule has 0 atom stereocenters. The molecule has 0 unspecified atom stereocenters. The highest BCUT2D eigenvalue weighted by molar-refractivity contribution is 6.31. The van der Waals surface area contributed by atoms with E-state index in [1.807, 2.05) is 6.92 Å². The zero-order valence-electron chi connectivity index (χ0n) is 8.33. The van der Waals surface area contributed by atoms with Crippen molar-refractivity contribution in [2.24, 2.45) is 0 Å². The second-order valence-electron chi connectivity index (χ2n) is 3.22. The van der Waals surface area contributed by atoms with Crippen LogP contribution in [0.5, 0.6) is 5.75 Å². The van der Waals surface area contributed by atoms with Crippen molar-refractivity contribution < 1.29 is 13.9 Å². The standard InChI is InChI=1S/C11H9ClO3/c1-6-3-7(12)4-8-10(6)15-9(5-13)11(8)14-2/h3-5H,1-2H3. The van der Waals surface area contributed by atoms with Crippen molar-refractivity contribution in [2.75, 3.05) is 7.11 Å². The van der Waals surface area contributed by atoms with E-state index >= 15 is 0 Å². The number of rotatable bonds is 2. The number of aryl methyl sites for hydroxylation is 1. The summed E-state index contributed by atoms with van der Waals surface area (Å²) < 4.78 is 10.5. The SMILES string of the molecule is COc1c(C=O)oc2c(C)cc(Cl)cc12. The van der Waals surface area contributed by atoms with Gasteiger partial charge < -0.3 is 9.15 Å². The Kier molecular flexibility index (Phi) is 2.40. The molecule has 3 nitrogen and oxygen atoms in total. The van der Waals surface area contributed by atoms with Crippen LogP contribution in [0.15, 0.2) is 16.5 Å². The Hall–Kier alpha value is -1.48. The van der Waals surface area contributed by atoms with Crippen LogP contribution in [0.25, 0.3) is 11.0 Å². The van der Waals surface area contributed by atoms with Gasteiger partial charge in [-0.1, -0.05) is 11.6 Å². The third-order valence-corrected chi connectivity index (χ3v) is 2.45. The van der Waals surface area contributed by atoms with Crippen LogP contribution in [0.4, 0.5) is 0 Å². The number of ether oxygens (including phenoxy) is 1. The molecule has 2 aromatic rings. The number of benzene rings is 1. The van der Waals surface area contributed by atoms with Crippen molar-refractivity contribution in [3.63, 3.8) is 0 Å². The molecule has 0 N–H and O–H groups in total. The molecular weight excluding hydrogens is 216 g/mol. The molecule has 1 aromatic heterocycles. The summed E-state index contributed by atoms with van der Waals surface area (Å²) in [5.41, 5.74) is 1.52. The molecule has 0 fully saturated rings. The van der Waals surface area contributed by atoms with Crippen LogP contribution in [0, 0.1) is 6.92 Å². The monoisotopic (exact) mass is 224 g/mol. The first-order chi connectivity index (χ1) is 7.17. The second-order valence-corrected chi connectivity index (χ2v) is 3.65. The first-order valence-corrected chi connectivity index (χ1v) is 4.77. The molecule has 1 heterocycles. The average Bonchev–Trinajstić information content (AvgIpc) is 2.55. The fourth-order valence-corrected chi connectivity index (χ4v) is 1.88. The van der Waals surface area contributed by atoms with Crippen LogP contribution in [-0.4, -0.2) is 13.4 Å². The van der Waals surface area contributed by atoms with Crippen molar-refractivity contribution in [1.82, 2.24) is 0 Å². The summed E-state index contributed by atoms with van der Waals surface area (Å²) in [6.07, 6.45) is 0.631. The zero-order valence-corrected chi connectivity index (χ0v) is 9.09. The molecule has 0 aliphatic carbocycles. The van der Waals surface area contributed by atoms with Crippen molar-refractivity contribution in [2.45, 2.75) is 6.92 Å². The van der Waals surface area contributed by atoms with Gasteiger partial charge in [0, 0.05) is 5.02 Å². The van der Waals surface area contributed by atoms with Gasteiger partial charge in [-0.25, -0.2) is 0 Å². The van der Waals surface area contributed by atoms with E-state index in [2.05, 4.69) is 0 Å². The summed E-state index contributed by atoms with van der Waals surface area (Å²) in [6, 6.07) is 3.50. The van der Waals surface area contributed by atoms with E-state index in [-0.39, 0.29) is 5.76 Å². The largest absolute Gasteiger partial charge is 0.492 e. The lowest BCUT2D eigenvalue weighted by atomic mass is 10.1. The summed E-state index contributed by atoms with van der Waals surface area (Å²) >= 11 is 5.92. The highest BCUT2D eigenvalue weighted by Gasteiger charge is 2.16. The minimum absolute atomic E-state index is 0.192. The van der Waals surface area contributed by atoms with Gasteiger partial charge in [-0.15, -0.1) is 0 Å². The molecule has 0 amide bonds. The Morgan fingerprint density at radius 3 is 2.80 bits per heavy atom. The molecular formula is C11H9ClO3. The highest BCUT2D eigenvalue weighted by atomic mass is 35.5. The summed E-state index contributed by atoms with van der Waals surface area (Å²) in [7, 11) is 1.49. The first-order valence-electron chi connectivity index (χ1n) is 4.39. The third kappa shape index (κ3) is 1.49. The molecule has 0 aliphatic rings. The van der Waals surface area contributed by atoms with E-state index in [9.17, 15) is 4.79 Å². The van der Waals surface area contributed by atoms with Gasteiger partial charge >= 0.3 is 0 Å². The average molecular weight is 225 g/mol. The lowest BCUT2D eigenvalue weighted by molar-refractivity contribution is 0.109. The Labute approximate surface area is 91.6 Å². The molecule has 1 aromatic carbocycles. The van der Waals surface area contributed by atoms with Crippen LogP contribution >= 0.6 is 11.6 Å². The zero-order chi connectivity index (χ0) is 11.0. The van der Waals surface area contributed by atoms with E-state index < -0.39 is 0 Å². The maximum absolute atomic E-state index is 10.7. The molecule has 78 valence electrons. The van der Waals surface area contributed by atoms with Crippen molar-refractivity contribution >= 4 is 28.9 Å². The lowest BCUT2D eigenvalue weighted by Gasteiger charge is -1.98. The van der Waals surface area contributed by atoms with E-state index in [0.29, 0.717) is 22.6 Å². The normalized spacial score (nSPS) is 10.6. The lowest BCUT2D eigenvalue weighted by Crippen LogP contribution is -1.85.